The number of benzene rings is 1. The van der Waals surface area contributed by atoms with E-state index in [1.807, 2.05) is 0 Å². The van der Waals surface area contributed by atoms with Crippen LogP contribution in [0.4, 0.5) is 0 Å². The Bertz CT molecular complexity index is 428. The molecule has 78 valence electrons. The molecule has 0 aliphatic carbocycles. The van der Waals surface area contributed by atoms with E-state index in [0.717, 1.165) is 11.8 Å². The Labute approximate surface area is 88.8 Å². The van der Waals surface area contributed by atoms with Crippen LogP contribution in [0.5, 0.6) is 0 Å². The Kier molecular flexibility index (Phi) is 3.53. The van der Waals surface area contributed by atoms with Crippen LogP contribution in [0.15, 0.2) is 23.1 Å². The summed E-state index contributed by atoms with van der Waals surface area (Å²) in [4.78, 5) is 0.239. The third-order valence-corrected chi connectivity index (χ3v) is 3.33. The van der Waals surface area contributed by atoms with E-state index in [1.165, 1.54) is 6.07 Å². The summed E-state index contributed by atoms with van der Waals surface area (Å²) in [6.07, 6.45) is 1.81. The third-order valence-electron chi connectivity index (χ3n) is 1.87. The maximum absolute atomic E-state index is 11.2. The molecule has 0 radical (unpaired) electrons. The molecule has 0 unspecified atom stereocenters. The van der Waals surface area contributed by atoms with Crippen LogP contribution in [0.25, 0.3) is 0 Å². The van der Waals surface area contributed by atoms with Gasteiger partial charge in [-0.1, -0.05) is 17.7 Å². The van der Waals surface area contributed by atoms with Crippen LogP contribution in [-0.4, -0.2) is 21.2 Å². The Morgan fingerprint density at radius 3 is 2.50 bits per heavy atom. The molecule has 0 amide bonds. The average Bonchev–Trinajstić information content (AvgIpc) is 2.07. The van der Waals surface area contributed by atoms with Gasteiger partial charge in [-0.25, -0.2) is 8.42 Å². The average molecular weight is 234 g/mol. The summed E-state index contributed by atoms with van der Waals surface area (Å²) in [5.74, 6) is 0. The Hall–Kier alpha value is -0.580. The first kappa shape index (κ1) is 11.5. The first-order chi connectivity index (χ1) is 6.45. The van der Waals surface area contributed by atoms with Gasteiger partial charge in [-0.05, 0) is 30.7 Å². The quantitative estimate of drug-likeness (QED) is 0.855. The lowest BCUT2D eigenvalue weighted by Gasteiger charge is -2.04. The molecule has 0 bridgehead atoms. The van der Waals surface area contributed by atoms with Crippen LogP contribution >= 0.6 is 11.6 Å². The van der Waals surface area contributed by atoms with E-state index in [4.69, 9.17) is 17.3 Å². The second kappa shape index (κ2) is 4.29. The molecule has 1 aromatic carbocycles. The fourth-order valence-electron chi connectivity index (χ4n) is 1.12. The highest BCUT2D eigenvalue weighted by Crippen LogP contribution is 2.20. The maximum Gasteiger partial charge on any atom is 0.175 e. The molecule has 1 rings (SSSR count). The molecular formula is C9H12ClNO2S. The van der Waals surface area contributed by atoms with Gasteiger partial charge < -0.3 is 5.73 Å². The van der Waals surface area contributed by atoms with E-state index in [-0.39, 0.29) is 4.90 Å². The SMILES string of the molecule is CS(=O)(=O)c1ccc(CCN)c(Cl)c1. The second-order valence-corrected chi connectivity index (χ2v) is 5.49. The number of halogens is 1. The number of sulfone groups is 1. The standard InChI is InChI=1S/C9H12ClNO2S/c1-14(12,13)8-3-2-7(4-5-11)9(10)6-8/h2-3,6H,4-5,11H2,1H3. The van der Waals surface area contributed by atoms with Gasteiger partial charge >= 0.3 is 0 Å². The van der Waals surface area contributed by atoms with Gasteiger partial charge in [0, 0.05) is 11.3 Å². The van der Waals surface area contributed by atoms with E-state index in [9.17, 15) is 8.42 Å². The Morgan fingerprint density at radius 2 is 2.07 bits per heavy atom. The fraction of sp³-hybridized carbons (Fsp3) is 0.333. The van der Waals surface area contributed by atoms with Gasteiger partial charge in [0.25, 0.3) is 0 Å². The van der Waals surface area contributed by atoms with Crippen molar-refractivity contribution in [2.24, 2.45) is 5.73 Å². The highest BCUT2D eigenvalue weighted by atomic mass is 35.5. The zero-order valence-corrected chi connectivity index (χ0v) is 9.40. The normalized spacial score (nSPS) is 11.6. The highest BCUT2D eigenvalue weighted by molar-refractivity contribution is 7.90. The molecule has 14 heavy (non-hydrogen) atoms. The van der Waals surface area contributed by atoms with Gasteiger partial charge in [0.2, 0.25) is 0 Å². The molecule has 0 spiro atoms. The molecule has 0 saturated heterocycles. The number of rotatable bonds is 3. The van der Waals surface area contributed by atoms with Crippen molar-refractivity contribution >= 4 is 21.4 Å². The van der Waals surface area contributed by atoms with Crippen molar-refractivity contribution in [2.45, 2.75) is 11.3 Å². The summed E-state index contributed by atoms with van der Waals surface area (Å²) >= 11 is 5.89. The van der Waals surface area contributed by atoms with Crippen LogP contribution in [0.1, 0.15) is 5.56 Å². The van der Waals surface area contributed by atoms with Crippen LogP contribution in [-0.2, 0) is 16.3 Å². The molecule has 0 heterocycles. The van der Waals surface area contributed by atoms with Crippen LogP contribution < -0.4 is 5.73 Å². The van der Waals surface area contributed by atoms with E-state index in [0.29, 0.717) is 18.0 Å². The highest BCUT2D eigenvalue weighted by Gasteiger charge is 2.09. The molecular weight excluding hydrogens is 222 g/mol. The van der Waals surface area contributed by atoms with Crippen molar-refractivity contribution in [3.8, 4) is 0 Å². The van der Waals surface area contributed by atoms with Crippen molar-refractivity contribution < 1.29 is 8.42 Å². The lowest BCUT2D eigenvalue weighted by molar-refractivity contribution is 0.602. The van der Waals surface area contributed by atoms with Gasteiger partial charge in [-0.15, -0.1) is 0 Å². The van der Waals surface area contributed by atoms with E-state index in [1.54, 1.807) is 12.1 Å². The first-order valence-corrected chi connectivity index (χ1v) is 6.40. The summed E-state index contributed by atoms with van der Waals surface area (Å²) in [6, 6.07) is 4.71. The van der Waals surface area contributed by atoms with Crippen molar-refractivity contribution in [1.82, 2.24) is 0 Å². The molecule has 5 heteroatoms. The third kappa shape index (κ3) is 2.70. The Balaban J connectivity index is 3.13. The van der Waals surface area contributed by atoms with Crippen molar-refractivity contribution in [3.63, 3.8) is 0 Å². The smallest absolute Gasteiger partial charge is 0.175 e. The largest absolute Gasteiger partial charge is 0.330 e. The molecule has 0 fully saturated rings. The summed E-state index contributed by atoms with van der Waals surface area (Å²) in [5.41, 5.74) is 6.25. The fourth-order valence-corrected chi connectivity index (χ4v) is 2.10. The lowest BCUT2D eigenvalue weighted by Crippen LogP contribution is -2.04. The molecule has 2 N–H and O–H groups in total. The molecule has 0 saturated carbocycles. The molecule has 3 nitrogen and oxygen atoms in total. The monoisotopic (exact) mass is 233 g/mol. The predicted octanol–water partition coefficient (Wildman–Crippen LogP) is 1.24. The molecule has 0 aromatic heterocycles. The van der Waals surface area contributed by atoms with E-state index < -0.39 is 9.84 Å². The van der Waals surface area contributed by atoms with Crippen molar-refractivity contribution in [3.05, 3.63) is 28.8 Å². The summed E-state index contributed by atoms with van der Waals surface area (Å²) in [7, 11) is -3.17. The van der Waals surface area contributed by atoms with Gasteiger partial charge in [0.1, 0.15) is 0 Å². The topological polar surface area (TPSA) is 60.2 Å². The number of hydrogen-bond donors (Lipinski definition) is 1. The van der Waals surface area contributed by atoms with E-state index >= 15 is 0 Å². The van der Waals surface area contributed by atoms with E-state index in [2.05, 4.69) is 0 Å². The zero-order valence-electron chi connectivity index (χ0n) is 7.83. The van der Waals surface area contributed by atoms with Crippen LogP contribution in [0.2, 0.25) is 5.02 Å². The van der Waals surface area contributed by atoms with Gasteiger partial charge in [-0.2, -0.15) is 0 Å². The van der Waals surface area contributed by atoms with Gasteiger partial charge in [0.05, 0.1) is 4.90 Å². The molecule has 0 aliphatic rings. The molecule has 0 aliphatic heterocycles. The van der Waals surface area contributed by atoms with Crippen molar-refractivity contribution in [1.29, 1.82) is 0 Å². The summed E-state index contributed by atoms with van der Waals surface area (Å²) in [5, 5.41) is 0.457. The van der Waals surface area contributed by atoms with Gasteiger partial charge in [-0.3, -0.25) is 0 Å². The summed E-state index contributed by atoms with van der Waals surface area (Å²) in [6.45, 7) is 0.498. The summed E-state index contributed by atoms with van der Waals surface area (Å²) < 4.78 is 22.3. The maximum atomic E-state index is 11.2. The minimum absolute atomic E-state index is 0.239. The zero-order chi connectivity index (χ0) is 10.8. The molecule has 1 aromatic rings. The number of hydrogen-bond acceptors (Lipinski definition) is 3. The van der Waals surface area contributed by atoms with Crippen molar-refractivity contribution in [2.75, 3.05) is 12.8 Å². The van der Waals surface area contributed by atoms with Crippen LogP contribution in [0, 0.1) is 0 Å². The second-order valence-electron chi connectivity index (χ2n) is 3.06. The predicted molar refractivity (Wildman–Crippen MR) is 57.3 cm³/mol. The lowest BCUT2D eigenvalue weighted by atomic mass is 10.1. The molecule has 0 atom stereocenters. The first-order valence-electron chi connectivity index (χ1n) is 4.13. The van der Waals surface area contributed by atoms with Gasteiger partial charge in [0.15, 0.2) is 9.84 Å². The van der Waals surface area contributed by atoms with Crippen LogP contribution in [0.3, 0.4) is 0 Å². The number of nitrogens with two attached hydrogens (primary N) is 1. The Morgan fingerprint density at radius 1 is 1.43 bits per heavy atom. The minimum Gasteiger partial charge on any atom is -0.330 e. The minimum atomic E-state index is -3.17.